The molecule has 0 spiro atoms. The SMILES string of the molecule is CCN1CCN(c2cc(Oc3ccccc3C)ncn2)CC1. The Bertz CT molecular complexity index is 624. The number of piperazine rings is 1. The topological polar surface area (TPSA) is 41.5 Å². The Morgan fingerprint density at radius 1 is 1.09 bits per heavy atom. The molecule has 0 atom stereocenters. The van der Waals surface area contributed by atoms with Crippen LogP contribution in [0.2, 0.25) is 0 Å². The number of ether oxygens (including phenoxy) is 1. The Labute approximate surface area is 131 Å². The molecule has 0 amide bonds. The summed E-state index contributed by atoms with van der Waals surface area (Å²) in [7, 11) is 0. The maximum absolute atomic E-state index is 5.89. The molecule has 2 heterocycles. The van der Waals surface area contributed by atoms with E-state index in [1.807, 2.05) is 37.3 Å². The van der Waals surface area contributed by atoms with Crippen molar-refractivity contribution >= 4 is 5.82 Å². The predicted molar refractivity (Wildman–Crippen MR) is 87.6 cm³/mol. The Balaban J connectivity index is 1.72. The molecule has 1 fully saturated rings. The molecule has 0 bridgehead atoms. The summed E-state index contributed by atoms with van der Waals surface area (Å²) in [6.07, 6.45) is 1.58. The largest absolute Gasteiger partial charge is 0.439 e. The Kier molecular flexibility index (Phi) is 4.53. The van der Waals surface area contributed by atoms with Gasteiger partial charge in [-0.05, 0) is 25.1 Å². The molecule has 0 unspecified atom stereocenters. The minimum atomic E-state index is 0.595. The molecule has 5 heteroatoms. The molecule has 0 aliphatic carbocycles. The van der Waals surface area contributed by atoms with Gasteiger partial charge in [0.1, 0.15) is 17.9 Å². The molecule has 2 aromatic rings. The number of anilines is 1. The normalized spacial score (nSPS) is 15.8. The van der Waals surface area contributed by atoms with Crippen molar-refractivity contribution in [1.29, 1.82) is 0 Å². The summed E-state index contributed by atoms with van der Waals surface area (Å²) in [4.78, 5) is 13.4. The highest BCUT2D eigenvalue weighted by Crippen LogP contribution is 2.25. The van der Waals surface area contributed by atoms with E-state index in [2.05, 4.69) is 26.7 Å². The van der Waals surface area contributed by atoms with E-state index in [-0.39, 0.29) is 0 Å². The second-order valence-electron chi connectivity index (χ2n) is 5.50. The first-order valence-electron chi connectivity index (χ1n) is 7.79. The van der Waals surface area contributed by atoms with Gasteiger partial charge in [-0.1, -0.05) is 25.1 Å². The van der Waals surface area contributed by atoms with Crippen LogP contribution in [-0.4, -0.2) is 47.6 Å². The van der Waals surface area contributed by atoms with Gasteiger partial charge in [0.25, 0.3) is 0 Å². The maximum atomic E-state index is 5.89. The van der Waals surface area contributed by atoms with Crippen molar-refractivity contribution in [3.63, 3.8) is 0 Å². The summed E-state index contributed by atoms with van der Waals surface area (Å²) >= 11 is 0. The molecule has 0 N–H and O–H groups in total. The summed E-state index contributed by atoms with van der Waals surface area (Å²) in [5.74, 6) is 2.37. The van der Waals surface area contributed by atoms with E-state index in [0.717, 1.165) is 49.9 Å². The van der Waals surface area contributed by atoms with Gasteiger partial charge in [0, 0.05) is 32.2 Å². The second-order valence-corrected chi connectivity index (χ2v) is 5.50. The van der Waals surface area contributed by atoms with Crippen LogP contribution in [0.15, 0.2) is 36.7 Å². The molecular formula is C17H22N4O. The van der Waals surface area contributed by atoms with Crippen LogP contribution in [0.4, 0.5) is 5.82 Å². The minimum absolute atomic E-state index is 0.595. The lowest BCUT2D eigenvalue weighted by atomic mass is 10.2. The summed E-state index contributed by atoms with van der Waals surface area (Å²) < 4.78 is 5.89. The average Bonchev–Trinajstić information content (AvgIpc) is 2.57. The van der Waals surface area contributed by atoms with Crippen molar-refractivity contribution in [2.75, 3.05) is 37.6 Å². The lowest BCUT2D eigenvalue weighted by Crippen LogP contribution is -2.46. The number of rotatable bonds is 4. The fraction of sp³-hybridized carbons (Fsp3) is 0.412. The highest BCUT2D eigenvalue weighted by Gasteiger charge is 2.17. The monoisotopic (exact) mass is 298 g/mol. The third kappa shape index (κ3) is 3.36. The maximum Gasteiger partial charge on any atom is 0.224 e. The zero-order valence-corrected chi connectivity index (χ0v) is 13.2. The van der Waals surface area contributed by atoms with Crippen molar-refractivity contribution in [3.8, 4) is 11.6 Å². The lowest BCUT2D eigenvalue weighted by Gasteiger charge is -2.34. The molecule has 0 saturated carbocycles. The van der Waals surface area contributed by atoms with E-state index in [1.165, 1.54) is 0 Å². The zero-order chi connectivity index (χ0) is 15.4. The minimum Gasteiger partial charge on any atom is -0.439 e. The number of likely N-dealkylation sites (N-methyl/N-ethyl adjacent to an activating group) is 1. The molecule has 1 aliphatic heterocycles. The second kappa shape index (κ2) is 6.75. The van der Waals surface area contributed by atoms with Gasteiger partial charge in [-0.25, -0.2) is 9.97 Å². The molecular weight excluding hydrogens is 276 g/mol. The van der Waals surface area contributed by atoms with Crippen LogP contribution in [0.5, 0.6) is 11.6 Å². The van der Waals surface area contributed by atoms with E-state index >= 15 is 0 Å². The van der Waals surface area contributed by atoms with Crippen LogP contribution in [0.3, 0.4) is 0 Å². The standard InChI is InChI=1S/C17H22N4O/c1-3-20-8-10-21(11-9-20)16-12-17(19-13-18-16)22-15-7-5-4-6-14(15)2/h4-7,12-13H,3,8-11H2,1-2H3. The van der Waals surface area contributed by atoms with Crippen molar-refractivity contribution in [2.24, 2.45) is 0 Å². The third-order valence-electron chi connectivity index (χ3n) is 4.08. The molecule has 0 radical (unpaired) electrons. The number of hydrogen-bond donors (Lipinski definition) is 0. The molecule has 5 nitrogen and oxygen atoms in total. The van der Waals surface area contributed by atoms with Gasteiger partial charge in [-0.15, -0.1) is 0 Å². The molecule has 1 aliphatic rings. The van der Waals surface area contributed by atoms with Gasteiger partial charge in [-0.3, -0.25) is 0 Å². The quantitative estimate of drug-likeness (QED) is 0.868. The first-order valence-corrected chi connectivity index (χ1v) is 7.79. The molecule has 1 saturated heterocycles. The van der Waals surface area contributed by atoms with E-state index in [0.29, 0.717) is 5.88 Å². The lowest BCUT2D eigenvalue weighted by molar-refractivity contribution is 0.270. The number of aryl methyl sites for hydroxylation is 1. The number of hydrogen-bond acceptors (Lipinski definition) is 5. The highest BCUT2D eigenvalue weighted by molar-refractivity contribution is 5.43. The van der Waals surface area contributed by atoms with Gasteiger partial charge >= 0.3 is 0 Å². The number of benzene rings is 1. The van der Waals surface area contributed by atoms with Crippen molar-refractivity contribution in [1.82, 2.24) is 14.9 Å². The average molecular weight is 298 g/mol. The first-order chi connectivity index (χ1) is 10.8. The van der Waals surface area contributed by atoms with Crippen LogP contribution in [-0.2, 0) is 0 Å². The fourth-order valence-corrected chi connectivity index (χ4v) is 2.64. The van der Waals surface area contributed by atoms with E-state index in [4.69, 9.17) is 4.74 Å². The van der Waals surface area contributed by atoms with Crippen LogP contribution in [0.25, 0.3) is 0 Å². The van der Waals surface area contributed by atoms with E-state index in [1.54, 1.807) is 6.33 Å². The Morgan fingerprint density at radius 2 is 1.86 bits per heavy atom. The van der Waals surface area contributed by atoms with Crippen molar-refractivity contribution < 1.29 is 4.74 Å². The Hall–Kier alpha value is -2.14. The van der Waals surface area contributed by atoms with Crippen molar-refractivity contribution in [3.05, 3.63) is 42.2 Å². The third-order valence-corrected chi connectivity index (χ3v) is 4.08. The van der Waals surface area contributed by atoms with Gasteiger partial charge in [0.05, 0.1) is 0 Å². The van der Waals surface area contributed by atoms with Crippen LogP contribution >= 0.6 is 0 Å². The van der Waals surface area contributed by atoms with Crippen LogP contribution in [0.1, 0.15) is 12.5 Å². The van der Waals surface area contributed by atoms with Crippen LogP contribution in [0, 0.1) is 6.92 Å². The molecule has 1 aromatic heterocycles. The van der Waals surface area contributed by atoms with Gasteiger partial charge < -0.3 is 14.5 Å². The predicted octanol–water partition coefficient (Wildman–Crippen LogP) is 2.72. The van der Waals surface area contributed by atoms with E-state index in [9.17, 15) is 0 Å². The zero-order valence-electron chi connectivity index (χ0n) is 13.2. The highest BCUT2D eigenvalue weighted by atomic mass is 16.5. The summed E-state index contributed by atoms with van der Waals surface area (Å²) in [5.41, 5.74) is 1.10. The molecule has 1 aromatic carbocycles. The van der Waals surface area contributed by atoms with Gasteiger partial charge in [0.2, 0.25) is 5.88 Å². The van der Waals surface area contributed by atoms with E-state index < -0.39 is 0 Å². The molecule has 116 valence electrons. The van der Waals surface area contributed by atoms with Crippen molar-refractivity contribution in [2.45, 2.75) is 13.8 Å². The van der Waals surface area contributed by atoms with Crippen LogP contribution < -0.4 is 9.64 Å². The number of nitrogens with zero attached hydrogens (tertiary/aromatic N) is 4. The van der Waals surface area contributed by atoms with Gasteiger partial charge in [0.15, 0.2) is 0 Å². The first kappa shape index (κ1) is 14.8. The number of aromatic nitrogens is 2. The molecule has 22 heavy (non-hydrogen) atoms. The summed E-state index contributed by atoms with van der Waals surface area (Å²) in [6, 6.07) is 9.88. The molecule has 3 rings (SSSR count). The summed E-state index contributed by atoms with van der Waals surface area (Å²) in [5, 5.41) is 0. The fourth-order valence-electron chi connectivity index (χ4n) is 2.64. The van der Waals surface area contributed by atoms with Gasteiger partial charge in [-0.2, -0.15) is 0 Å². The number of para-hydroxylation sites is 1. The summed E-state index contributed by atoms with van der Waals surface area (Å²) in [6.45, 7) is 9.49. The smallest absolute Gasteiger partial charge is 0.224 e. The Morgan fingerprint density at radius 3 is 2.59 bits per heavy atom.